The highest BCUT2D eigenvalue weighted by atomic mass is 35.5. The molecule has 0 aromatic heterocycles. The third-order valence-electron chi connectivity index (χ3n) is 5.43. The number of rotatable bonds is 5. The fourth-order valence-electron chi connectivity index (χ4n) is 4.95. The summed E-state index contributed by atoms with van der Waals surface area (Å²) in [5.41, 5.74) is 0. The summed E-state index contributed by atoms with van der Waals surface area (Å²) in [5.74, 6) is 4.06. The number of carbonyl (C=O) groups is 1. The van der Waals surface area contributed by atoms with Gasteiger partial charge in [-0.25, -0.2) is 0 Å². The van der Waals surface area contributed by atoms with Gasteiger partial charge in [-0.15, -0.1) is 12.4 Å². The highest BCUT2D eigenvalue weighted by Crippen LogP contribution is 2.56. The van der Waals surface area contributed by atoms with Crippen molar-refractivity contribution in [1.82, 2.24) is 10.6 Å². The molecule has 3 nitrogen and oxygen atoms in total. The normalized spacial score (nSPS) is 38.9. The Hall–Kier alpha value is -0.280. The first kappa shape index (κ1) is 15.1. The molecule has 4 aliphatic rings. The van der Waals surface area contributed by atoms with Crippen molar-refractivity contribution in [2.24, 2.45) is 29.6 Å². The van der Waals surface area contributed by atoms with E-state index in [0.29, 0.717) is 23.7 Å². The highest BCUT2D eigenvalue weighted by molar-refractivity contribution is 5.85. The van der Waals surface area contributed by atoms with Gasteiger partial charge in [-0.3, -0.25) is 4.79 Å². The largest absolute Gasteiger partial charge is 0.356 e. The van der Waals surface area contributed by atoms with Gasteiger partial charge < -0.3 is 10.6 Å². The second-order valence-corrected chi connectivity index (χ2v) is 6.70. The summed E-state index contributed by atoms with van der Waals surface area (Å²) in [6.07, 6.45) is 7.84. The fraction of sp³-hybridized carbons (Fsp3) is 0.933. The predicted octanol–water partition coefficient (Wildman–Crippen LogP) is 2.21. The van der Waals surface area contributed by atoms with E-state index in [9.17, 15) is 4.79 Å². The Morgan fingerprint density at radius 3 is 2.11 bits per heavy atom. The maximum Gasteiger partial charge on any atom is 0.223 e. The molecule has 0 atom stereocenters. The number of halogens is 1. The van der Waals surface area contributed by atoms with Crippen molar-refractivity contribution >= 4 is 18.3 Å². The van der Waals surface area contributed by atoms with E-state index in [1.54, 1.807) is 0 Å². The lowest BCUT2D eigenvalue weighted by Crippen LogP contribution is -2.51. The van der Waals surface area contributed by atoms with Gasteiger partial charge in [0.15, 0.2) is 0 Å². The van der Waals surface area contributed by atoms with E-state index in [1.807, 2.05) is 7.05 Å². The van der Waals surface area contributed by atoms with E-state index in [-0.39, 0.29) is 12.4 Å². The molecule has 4 fully saturated rings. The van der Waals surface area contributed by atoms with Gasteiger partial charge in [0.2, 0.25) is 5.91 Å². The minimum Gasteiger partial charge on any atom is -0.356 e. The quantitative estimate of drug-likeness (QED) is 0.761. The molecule has 0 aromatic rings. The molecule has 0 unspecified atom stereocenters. The average Bonchev–Trinajstić information content (AvgIpc) is 2.33. The van der Waals surface area contributed by atoms with Crippen molar-refractivity contribution in [2.45, 2.75) is 38.5 Å². The van der Waals surface area contributed by atoms with Crippen LogP contribution >= 0.6 is 12.4 Å². The van der Waals surface area contributed by atoms with Crippen molar-refractivity contribution < 1.29 is 4.79 Å². The number of nitrogens with one attached hydrogen (secondary N) is 2. The van der Waals surface area contributed by atoms with E-state index in [0.717, 1.165) is 31.3 Å². The molecule has 4 rings (SSSR count). The molecule has 4 saturated carbocycles. The molecule has 0 radical (unpaired) electrons. The van der Waals surface area contributed by atoms with Crippen LogP contribution in [0.5, 0.6) is 0 Å². The Labute approximate surface area is 122 Å². The molecule has 0 spiro atoms. The maximum atomic E-state index is 12.4. The SMILES string of the molecule is CNCCCNC(=O)C1C2CC3CC(C2)CC1C3.Cl. The lowest BCUT2D eigenvalue weighted by atomic mass is 9.51. The van der Waals surface area contributed by atoms with Gasteiger partial charge in [0.25, 0.3) is 0 Å². The zero-order valence-corrected chi connectivity index (χ0v) is 12.7. The lowest BCUT2D eigenvalue weighted by molar-refractivity contribution is -0.138. The van der Waals surface area contributed by atoms with Crippen molar-refractivity contribution in [3.05, 3.63) is 0 Å². The summed E-state index contributed by atoms with van der Waals surface area (Å²) in [7, 11) is 1.96. The van der Waals surface area contributed by atoms with E-state index in [4.69, 9.17) is 0 Å². The topological polar surface area (TPSA) is 41.1 Å². The van der Waals surface area contributed by atoms with E-state index in [1.165, 1.54) is 32.1 Å². The summed E-state index contributed by atoms with van der Waals surface area (Å²) >= 11 is 0. The van der Waals surface area contributed by atoms with Gasteiger partial charge >= 0.3 is 0 Å². The van der Waals surface area contributed by atoms with E-state index in [2.05, 4.69) is 10.6 Å². The molecule has 0 saturated heterocycles. The van der Waals surface area contributed by atoms with Crippen molar-refractivity contribution in [2.75, 3.05) is 20.1 Å². The molecule has 0 aliphatic heterocycles. The summed E-state index contributed by atoms with van der Waals surface area (Å²) in [4.78, 5) is 12.4. The molecule has 0 heterocycles. The third-order valence-corrected chi connectivity index (χ3v) is 5.43. The molecule has 2 N–H and O–H groups in total. The average molecular weight is 287 g/mol. The molecule has 4 heteroatoms. The van der Waals surface area contributed by atoms with Gasteiger partial charge in [-0.1, -0.05) is 0 Å². The minimum absolute atomic E-state index is 0. The van der Waals surface area contributed by atoms with Crippen molar-refractivity contribution in [1.29, 1.82) is 0 Å². The Morgan fingerprint density at radius 1 is 1.00 bits per heavy atom. The van der Waals surface area contributed by atoms with E-state index < -0.39 is 0 Å². The molecule has 110 valence electrons. The summed E-state index contributed by atoms with van der Waals surface area (Å²) in [6, 6.07) is 0. The van der Waals surface area contributed by atoms with Crippen LogP contribution < -0.4 is 10.6 Å². The summed E-state index contributed by atoms with van der Waals surface area (Å²) in [6.45, 7) is 1.82. The minimum atomic E-state index is 0. The van der Waals surface area contributed by atoms with Gasteiger partial charge in [0.1, 0.15) is 0 Å². The second kappa shape index (κ2) is 6.45. The number of amides is 1. The van der Waals surface area contributed by atoms with Crippen LogP contribution in [-0.4, -0.2) is 26.0 Å². The van der Waals surface area contributed by atoms with Gasteiger partial charge in [0.05, 0.1) is 0 Å². The first-order valence-corrected chi connectivity index (χ1v) is 7.70. The number of hydrogen-bond acceptors (Lipinski definition) is 2. The Balaban J connectivity index is 0.00000133. The molecule has 4 bridgehead atoms. The van der Waals surface area contributed by atoms with Crippen molar-refractivity contribution in [3.8, 4) is 0 Å². The van der Waals surface area contributed by atoms with Crippen LogP contribution in [0.3, 0.4) is 0 Å². The van der Waals surface area contributed by atoms with Crippen LogP contribution in [0.15, 0.2) is 0 Å². The predicted molar refractivity (Wildman–Crippen MR) is 79.3 cm³/mol. The molecular weight excluding hydrogens is 260 g/mol. The number of hydrogen-bond donors (Lipinski definition) is 2. The first-order valence-electron chi connectivity index (χ1n) is 7.70. The fourth-order valence-corrected chi connectivity index (χ4v) is 4.95. The first-order chi connectivity index (χ1) is 8.78. The van der Waals surface area contributed by atoms with Gasteiger partial charge in [-0.2, -0.15) is 0 Å². The second-order valence-electron chi connectivity index (χ2n) is 6.70. The summed E-state index contributed by atoms with van der Waals surface area (Å²) in [5, 5.41) is 6.29. The summed E-state index contributed by atoms with van der Waals surface area (Å²) < 4.78 is 0. The Morgan fingerprint density at radius 2 is 1.58 bits per heavy atom. The zero-order valence-electron chi connectivity index (χ0n) is 11.9. The molecular formula is C15H27ClN2O. The van der Waals surface area contributed by atoms with Crippen molar-refractivity contribution in [3.63, 3.8) is 0 Å². The third kappa shape index (κ3) is 3.08. The van der Waals surface area contributed by atoms with E-state index >= 15 is 0 Å². The number of carbonyl (C=O) groups excluding carboxylic acids is 1. The highest BCUT2D eigenvalue weighted by Gasteiger charge is 2.50. The van der Waals surface area contributed by atoms with Gasteiger partial charge in [0, 0.05) is 12.5 Å². The van der Waals surface area contributed by atoms with Crippen LogP contribution in [0.1, 0.15) is 38.5 Å². The Kier molecular flexibility index (Phi) is 5.13. The van der Waals surface area contributed by atoms with Crippen LogP contribution in [0.2, 0.25) is 0 Å². The molecule has 1 amide bonds. The van der Waals surface area contributed by atoms with Crippen LogP contribution in [0.4, 0.5) is 0 Å². The standard InChI is InChI=1S/C15H26N2O.ClH/c1-16-3-2-4-17-15(18)14-12-6-10-5-11(8-12)9-13(14)7-10;/h10-14,16H,2-9H2,1H3,(H,17,18);1H. The molecule has 19 heavy (non-hydrogen) atoms. The van der Waals surface area contributed by atoms with Crippen LogP contribution in [0.25, 0.3) is 0 Å². The molecule has 0 aromatic carbocycles. The zero-order chi connectivity index (χ0) is 12.5. The lowest BCUT2D eigenvalue weighted by Gasteiger charge is -2.53. The Bertz CT molecular complexity index is 293. The monoisotopic (exact) mass is 286 g/mol. The smallest absolute Gasteiger partial charge is 0.223 e. The maximum absolute atomic E-state index is 12.4. The van der Waals surface area contributed by atoms with Crippen LogP contribution in [0, 0.1) is 29.6 Å². The molecule has 4 aliphatic carbocycles. The van der Waals surface area contributed by atoms with Crippen LogP contribution in [-0.2, 0) is 4.79 Å². The van der Waals surface area contributed by atoms with Gasteiger partial charge in [-0.05, 0) is 75.8 Å².